The van der Waals surface area contributed by atoms with E-state index >= 15 is 0 Å². The first-order valence-electron chi connectivity index (χ1n) is 6.93. The molecule has 1 N–H and O–H groups in total. The maximum Gasteiger partial charge on any atom is 0.142 e. The van der Waals surface area contributed by atoms with Crippen molar-refractivity contribution in [3.63, 3.8) is 0 Å². The second kappa shape index (κ2) is 5.55. The minimum absolute atomic E-state index is 0.0612. The first-order valence-corrected chi connectivity index (χ1v) is 6.93. The van der Waals surface area contributed by atoms with Gasteiger partial charge < -0.3 is 14.7 Å². The van der Waals surface area contributed by atoms with Crippen LogP contribution >= 0.6 is 0 Å². The molecule has 3 rings (SSSR count). The van der Waals surface area contributed by atoms with Gasteiger partial charge in [0.1, 0.15) is 12.4 Å². The van der Waals surface area contributed by atoms with Crippen molar-refractivity contribution in [1.82, 2.24) is 0 Å². The lowest BCUT2D eigenvalue weighted by atomic mass is 10.1. The van der Waals surface area contributed by atoms with E-state index in [2.05, 4.69) is 36.1 Å². The van der Waals surface area contributed by atoms with Crippen molar-refractivity contribution < 1.29 is 9.84 Å². The maximum absolute atomic E-state index is 9.29. The fourth-order valence-electron chi connectivity index (χ4n) is 2.49. The summed E-state index contributed by atoms with van der Waals surface area (Å²) in [6, 6.07) is 14.5. The van der Waals surface area contributed by atoms with E-state index in [0.717, 1.165) is 30.1 Å². The lowest BCUT2D eigenvalue weighted by Crippen LogP contribution is -2.32. The van der Waals surface area contributed by atoms with Crippen molar-refractivity contribution in [3.05, 3.63) is 59.2 Å². The van der Waals surface area contributed by atoms with Gasteiger partial charge in [-0.15, -0.1) is 0 Å². The number of aliphatic hydroxyl groups is 1. The number of fused-ring (bicyclic) bond motifs is 1. The number of hydrogen-bond donors (Lipinski definition) is 1. The molecule has 2 aromatic carbocycles. The summed E-state index contributed by atoms with van der Waals surface area (Å²) in [5.41, 5.74) is 4.56. The summed E-state index contributed by atoms with van der Waals surface area (Å²) < 4.78 is 5.69. The molecule has 1 aliphatic rings. The Morgan fingerprint density at radius 2 is 1.85 bits per heavy atom. The normalized spacial score (nSPS) is 13.8. The molecule has 0 atom stereocenters. The molecule has 0 bridgehead atoms. The molecule has 0 saturated carbocycles. The number of nitrogens with zero attached hydrogens (tertiary/aromatic N) is 1. The standard InChI is InChI=1S/C17H19NO2/c1-13-2-4-14(5-3-13)11-18-8-9-20-17-7-6-15(12-19)10-16(17)18/h2-7,10,19H,8-9,11-12H2,1H3. The summed E-state index contributed by atoms with van der Waals surface area (Å²) in [6.07, 6.45) is 0. The largest absolute Gasteiger partial charge is 0.490 e. The molecule has 0 amide bonds. The Morgan fingerprint density at radius 1 is 1.10 bits per heavy atom. The van der Waals surface area contributed by atoms with Gasteiger partial charge in [-0.2, -0.15) is 0 Å². The van der Waals surface area contributed by atoms with E-state index in [9.17, 15) is 5.11 Å². The molecule has 1 heterocycles. The van der Waals surface area contributed by atoms with E-state index in [1.54, 1.807) is 0 Å². The Kier molecular flexibility index (Phi) is 3.61. The molecule has 0 unspecified atom stereocenters. The predicted molar refractivity (Wildman–Crippen MR) is 80.1 cm³/mol. The molecular formula is C17H19NO2. The summed E-state index contributed by atoms with van der Waals surface area (Å²) in [6.45, 7) is 4.60. The Hall–Kier alpha value is -2.00. The molecule has 0 aromatic heterocycles. The van der Waals surface area contributed by atoms with E-state index in [1.165, 1.54) is 11.1 Å². The molecule has 104 valence electrons. The zero-order valence-electron chi connectivity index (χ0n) is 11.7. The molecule has 0 spiro atoms. The van der Waals surface area contributed by atoms with Crippen LogP contribution in [0.3, 0.4) is 0 Å². The Morgan fingerprint density at radius 3 is 2.60 bits per heavy atom. The summed E-state index contributed by atoms with van der Waals surface area (Å²) in [5, 5.41) is 9.29. The highest BCUT2D eigenvalue weighted by Crippen LogP contribution is 2.33. The van der Waals surface area contributed by atoms with E-state index in [-0.39, 0.29) is 6.61 Å². The molecule has 0 aliphatic carbocycles. The van der Waals surface area contributed by atoms with Gasteiger partial charge in [-0.1, -0.05) is 35.9 Å². The average Bonchev–Trinajstić information content (AvgIpc) is 2.49. The third kappa shape index (κ3) is 2.63. The minimum atomic E-state index is 0.0612. The number of rotatable bonds is 3. The molecule has 3 nitrogen and oxygen atoms in total. The number of ether oxygens (including phenoxy) is 1. The SMILES string of the molecule is Cc1ccc(CN2CCOc3ccc(CO)cc32)cc1. The maximum atomic E-state index is 9.29. The van der Waals surface area contributed by atoms with E-state index < -0.39 is 0 Å². The van der Waals surface area contributed by atoms with Crippen molar-refractivity contribution in [2.24, 2.45) is 0 Å². The summed E-state index contributed by atoms with van der Waals surface area (Å²) >= 11 is 0. The fourth-order valence-corrected chi connectivity index (χ4v) is 2.49. The summed E-state index contributed by atoms with van der Waals surface area (Å²) in [5.74, 6) is 0.903. The van der Waals surface area contributed by atoms with Crippen LogP contribution in [0.15, 0.2) is 42.5 Å². The van der Waals surface area contributed by atoms with Crippen molar-refractivity contribution >= 4 is 5.69 Å². The third-order valence-corrected chi connectivity index (χ3v) is 3.66. The van der Waals surface area contributed by atoms with Gasteiger partial charge in [-0.05, 0) is 30.2 Å². The highest BCUT2D eigenvalue weighted by molar-refractivity contribution is 5.61. The van der Waals surface area contributed by atoms with Crippen molar-refractivity contribution in [2.45, 2.75) is 20.1 Å². The van der Waals surface area contributed by atoms with Crippen LogP contribution in [0.25, 0.3) is 0 Å². The van der Waals surface area contributed by atoms with Crippen LogP contribution in [-0.2, 0) is 13.2 Å². The van der Waals surface area contributed by atoms with Crippen LogP contribution in [-0.4, -0.2) is 18.3 Å². The Bertz CT molecular complexity index is 592. The summed E-state index contributed by atoms with van der Waals surface area (Å²) in [4.78, 5) is 2.31. The van der Waals surface area contributed by atoms with Gasteiger partial charge in [0, 0.05) is 6.54 Å². The zero-order valence-corrected chi connectivity index (χ0v) is 11.7. The molecular weight excluding hydrogens is 250 g/mol. The molecule has 2 aromatic rings. The van der Waals surface area contributed by atoms with Crippen LogP contribution in [0.4, 0.5) is 5.69 Å². The van der Waals surface area contributed by atoms with Crippen LogP contribution in [0.5, 0.6) is 5.75 Å². The third-order valence-electron chi connectivity index (χ3n) is 3.66. The topological polar surface area (TPSA) is 32.7 Å². The molecule has 0 fully saturated rings. The van der Waals surface area contributed by atoms with Gasteiger partial charge in [0.05, 0.1) is 18.8 Å². The van der Waals surface area contributed by atoms with E-state index in [4.69, 9.17) is 4.74 Å². The second-order valence-electron chi connectivity index (χ2n) is 5.22. The van der Waals surface area contributed by atoms with Gasteiger partial charge in [-0.3, -0.25) is 0 Å². The van der Waals surface area contributed by atoms with Crippen LogP contribution in [0.2, 0.25) is 0 Å². The fraction of sp³-hybridized carbons (Fsp3) is 0.294. The lowest BCUT2D eigenvalue weighted by Gasteiger charge is -2.31. The first-order chi connectivity index (χ1) is 9.76. The Labute approximate surface area is 119 Å². The van der Waals surface area contributed by atoms with Gasteiger partial charge in [0.25, 0.3) is 0 Å². The van der Waals surface area contributed by atoms with E-state index in [0.29, 0.717) is 6.61 Å². The van der Waals surface area contributed by atoms with Gasteiger partial charge >= 0.3 is 0 Å². The highest BCUT2D eigenvalue weighted by Gasteiger charge is 2.18. The monoisotopic (exact) mass is 269 g/mol. The average molecular weight is 269 g/mol. The van der Waals surface area contributed by atoms with Gasteiger partial charge in [-0.25, -0.2) is 0 Å². The number of benzene rings is 2. The van der Waals surface area contributed by atoms with E-state index in [1.807, 2.05) is 18.2 Å². The van der Waals surface area contributed by atoms with Crippen LogP contribution in [0.1, 0.15) is 16.7 Å². The number of aliphatic hydroxyl groups excluding tert-OH is 1. The quantitative estimate of drug-likeness (QED) is 0.930. The molecule has 20 heavy (non-hydrogen) atoms. The van der Waals surface area contributed by atoms with Crippen LogP contribution in [0, 0.1) is 6.92 Å². The number of aryl methyl sites for hydroxylation is 1. The first kappa shape index (κ1) is 13.0. The van der Waals surface area contributed by atoms with Crippen molar-refractivity contribution in [1.29, 1.82) is 0 Å². The smallest absolute Gasteiger partial charge is 0.142 e. The van der Waals surface area contributed by atoms with Gasteiger partial charge in [0.15, 0.2) is 0 Å². The molecule has 0 saturated heterocycles. The molecule has 1 aliphatic heterocycles. The number of anilines is 1. The molecule has 3 heteroatoms. The molecule has 0 radical (unpaired) electrons. The zero-order chi connectivity index (χ0) is 13.9. The predicted octanol–water partition coefficient (Wildman–Crippen LogP) is 2.89. The van der Waals surface area contributed by atoms with Crippen molar-refractivity contribution in [3.8, 4) is 5.75 Å². The lowest BCUT2D eigenvalue weighted by molar-refractivity contribution is 0.280. The highest BCUT2D eigenvalue weighted by atomic mass is 16.5. The van der Waals surface area contributed by atoms with Crippen LogP contribution < -0.4 is 9.64 Å². The van der Waals surface area contributed by atoms with Crippen molar-refractivity contribution in [2.75, 3.05) is 18.1 Å². The summed E-state index contributed by atoms with van der Waals surface area (Å²) in [7, 11) is 0. The number of hydrogen-bond acceptors (Lipinski definition) is 3. The van der Waals surface area contributed by atoms with Gasteiger partial charge in [0.2, 0.25) is 0 Å². The minimum Gasteiger partial charge on any atom is -0.490 e. The second-order valence-corrected chi connectivity index (χ2v) is 5.22. The Balaban J connectivity index is 1.87.